The second-order valence-electron chi connectivity index (χ2n) is 3.96. The van der Waals surface area contributed by atoms with E-state index in [9.17, 15) is 5.11 Å². The molecule has 0 aliphatic carbocycles. The molecule has 2 N–H and O–H groups in total. The van der Waals surface area contributed by atoms with Crippen molar-refractivity contribution in [2.24, 2.45) is 5.92 Å². The molecule has 0 radical (unpaired) electrons. The number of rotatable bonds is 5. The Morgan fingerprint density at radius 2 is 2.06 bits per heavy atom. The molecule has 0 aromatic heterocycles. The van der Waals surface area contributed by atoms with Crippen LogP contribution in [-0.2, 0) is 0 Å². The van der Waals surface area contributed by atoms with Crippen LogP contribution in [0.4, 0.5) is 0 Å². The monoisotopic (exact) mass is 260 g/mol. The van der Waals surface area contributed by atoms with Crippen molar-refractivity contribution in [1.29, 1.82) is 0 Å². The van der Waals surface area contributed by atoms with Gasteiger partial charge in [-0.3, -0.25) is 0 Å². The number of aliphatic hydroxyl groups excluding tert-OH is 2. The Bertz CT molecular complexity index is 342. The fourth-order valence-corrected chi connectivity index (χ4v) is 2.46. The summed E-state index contributed by atoms with van der Waals surface area (Å²) in [5.74, 6) is 1.10. The molecule has 0 saturated carbocycles. The van der Waals surface area contributed by atoms with Crippen molar-refractivity contribution < 1.29 is 10.2 Å². The minimum absolute atomic E-state index is 0.191. The van der Waals surface area contributed by atoms with Crippen molar-refractivity contribution in [3.05, 3.63) is 28.8 Å². The Morgan fingerprint density at radius 3 is 2.56 bits per heavy atom. The Balaban J connectivity index is 2.68. The van der Waals surface area contributed by atoms with E-state index in [4.69, 9.17) is 16.7 Å². The van der Waals surface area contributed by atoms with Gasteiger partial charge in [0.15, 0.2) is 0 Å². The van der Waals surface area contributed by atoms with E-state index in [0.717, 1.165) is 16.2 Å². The SMILES string of the molecule is CC(CO)CSc1ccc([C@H](C)O)cc1Cl. The summed E-state index contributed by atoms with van der Waals surface area (Å²) in [5, 5.41) is 19.0. The van der Waals surface area contributed by atoms with Crippen LogP contribution in [0, 0.1) is 5.92 Å². The Morgan fingerprint density at radius 1 is 1.38 bits per heavy atom. The van der Waals surface area contributed by atoms with E-state index >= 15 is 0 Å². The summed E-state index contributed by atoms with van der Waals surface area (Å²) in [7, 11) is 0. The highest BCUT2D eigenvalue weighted by molar-refractivity contribution is 7.99. The summed E-state index contributed by atoms with van der Waals surface area (Å²) in [6, 6.07) is 5.58. The van der Waals surface area contributed by atoms with Gasteiger partial charge in [-0.15, -0.1) is 11.8 Å². The lowest BCUT2D eigenvalue weighted by Gasteiger charge is -2.10. The molecular weight excluding hydrogens is 244 g/mol. The van der Waals surface area contributed by atoms with E-state index in [1.165, 1.54) is 0 Å². The molecule has 0 spiro atoms. The zero-order chi connectivity index (χ0) is 12.1. The smallest absolute Gasteiger partial charge is 0.0762 e. The zero-order valence-electron chi connectivity index (χ0n) is 9.48. The highest BCUT2D eigenvalue weighted by Gasteiger charge is 2.07. The minimum atomic E-state index is -0.493. The van der Waals surface area contributed by atoms with Crippen LogP contribution < -0.4 is 0 Å². The van der Waals surface area contributed by atoms with Crippen LogP contribution in [0.15, 0.2) is 23.1 Å². The molecule has 4 heteroatoms. The topological polar surface area (TPSA) is 40.5 Å². The third-order valence-corrected chi connectivity index (χ3v) is 4.10. The zero-order valence-corrected chi connectivity index (χ0v) is 11.1. The average molecular weight is 261 g/mol. The first-order chi connectivity index (χ1) is 7.54. The molecule has 1 aromatic rings. The van der Waals surface area contributed by atoms with E-state index < -0.39 is 6.10 Å². The quantitative estimate of drug-likeness (QED) is 0.800. The van der Waals surface area contributed by atoms with Gasteiger partial charge in [0.25, 0.3) is 0 Å². The van der Waals surface area contributed by atoms with E-state index in [0.29, 0.717) is 5.02 Å². The molecule has 2 atom stereocenters. The van der Waals surface area contributed by atoms with E-state index in [1.807, 2.05) is 19.1 Å². The van der Waals surface area contributed by atoms with Crippen molar-refractivity contribution in [1.82, 2.24) is 0 Å². The predicted octanol–water partition coefficient (Wildman–Crippen LogP) is 3.11. The molecule has 0 fully saturated rings. The molecule has 0 aliphatic heterocycles. The number of aliphatic hydroxyl groups is 2. The van der Waals surface area contributed by atoms with Crippen LogP contribution in [0.5, 0.6) is 0 Å². The molecule has 1 rings (SSSR count). The van der Waals surface area contributed by atoms with Crippen LogP contribution >= 0.6 is 23.4 Å². The maximum Gasteiger partial charge on any atom is 0.0762 e. The lowest BCUT2D eigenvalue weighted by molar-refractivity contribution is 0.199. The van der Waals surface area contributed by atoms with Gasteiger partial charge in [0.2, 0.25) is 0 Å². The van der Waals surface area contributed by atoms with Crippen LogP contribution in [-0.4, -0.2) is 22.6 Å². The first-order valence-electron chi connectivity index (χ1n) is 5.25. The van der Waals surface area contributed by atoms with Gasteiger partial charge in [0.1, 0.15) is 0 Å². The van der Waals surface area contributed by atoms with Crippen molar-refractivity contribution in [2.45, 2.75) is 24.8 Å². The largest absolute Gasteiger partial charge is 0.396 e. The average Bonchev–Trinajstić information content (AvgIpc) is 2.26. The lowest BCUT2D eigenvalue weighted by Crippen LogP contribution is -2.03. The van der Waals surface area contributed by atoms with Gasteiger partial charge < -0.3 is 10.2 Å². The molecule has 90 valence electrons. The van der Waals surface area contributed by atoms with Crippen LogP contribution in [0.25, 0.3) is 0 Å². The molecule has 0 aliphatic rings. The van der Waals surface area contributed by atoms with E-state index in [2.05, 4.69) is 0 Å². The number of thioether (sulfide) groups is 1. The summed E-state index contributed by atoms with van der Waals surface area (Å²) < 4.78 is 0. The van der Waals surface area contributed by atoms with Crippen molar-refractivity contribution in [2.75, 3.05) is 12.4 Å². The summed E-state index contributed by atoms with van der Waals surface area (Å²) >= 11 is 7.73. The van der Waals surface area contributed by atoms with Crippen molar-refractivity contribution in [3.8, 4) is 0 Å². The number of benzene rings is 1. The summed E-state index contributed by atoms with van der Waals surface area (Å²) in [4.78, 5) is 0.992. The highest BCUT2D eigenvalue weighted by atomic mass is 35.5. The van der Waals surface area contributed by atoms with E-state index in [-0.39, 0.29) is 12.5 Å². The van der Waals surface area contributed by atoms with Gasteiger partial charge >= 0.3 is 0 Å². The van der Waals surface area contributed by atoms with Crippen molar-refractivity contribution >= 4 is 23.4 Å². The van der Waals surface area contributed by atoms with E-state index in [1.54, 1.807) is 24.8 Å². The Labute approximate surface area is 106 Å². The van der Waals surface area contributed by atoms with Gasteiger partial charge in [0, 0.05) is 17.3 Å². The lowest BCUT2D eigenvalue weighted by atomic mass is 10.1. The van der Waals surface area contributed by atoms with Gasteiger partial charge in [0.05, 0.1) is 11.1 Å². The first-order valence-corrected chi connectivity index (χ1v) is 6.62. The maximum absolute atomic E-state index is 9.40. The molecule has 1 aromatic carbocycles. The second kappa shape index (κ2) is 6.50. The number of halogens is 1. The predicted molar refractivity (Wildman–Crippen MR) is 69.1 cm³/mol. The Hall–Kier alpha value is -0.220. The van der Waals surface area contributed by atoms with Gasteiger partial charge in [-0.05, 0) is 30.5 Å². The molecule has 0 saturated heterocycles. The third-order valence-electron chi connectivity index (χ3n) is 2.27. The first kappa shape index (κ1) is 13.8. The van der Waals surface area contributed by atoms with Gasteiger partial charge in [-0.2, -0.15) is 0 Å². The number of hydrogen-bond donors (Lipinski definition) is 2. The molecule has 1 unspecified atom stereocenters. The summed E-state index contributed by atoms with van der Waals surface area (Å²) in [5.41, 5.74) is 0.824. The van der Waals surface area contributed by atoms with Crippen LogP contribution in [0.1, 0.15) is 25.5 Å². The Kier molecular flexibility index (Phi) is 5.62. The molecule has 0 heterocycles. The third kappa shape index (κ3) is 3.98. The fraction of sp³-hybridized carbons (Fsp3) is 0.500. The summed E-state index contributed by atoms with van der Waals surface area (Å²) in [6.45, 7) is 3.90. The maximum atomic E-state index is 9.40. The molecule has 2 nitrogen and oxygen atoms in total. The van der Waals surface area contributed by atoms with Gasteiger partial charge in [-0.25, -0.2) is 0 Å². The molecule has 0 amide bonds. The second-order valence-corrected chi connectivity index (χ2v) is 5.43. The fourth-order valence-electron chi connectivity index (χ4n) is 1.18. The molecular formula is C12H17ClO2S. The molecule has 0 bridgehead atoms. The summed E-state index contributed by atoms with van der Waals surface area (Å²) in [6.07, 6.45) is -0.493. The number of hydrogen-bond acceptors (Lipinski definition) is 3. The van der Waals surface area contributed by atoms with Crippen LogP contribution in [0.3, 0.4) is 0 Å². The minimum Gasteiger partial charge on any atom is -0.396 e. The van der Waals surface area contributed by atoms with Crippen LogP contribution in [0.2, 0.25) is 5.02 Å². The standard InChI is InChI=1S/C12H17ClO2S/c1-8(6-14)7-16-12-4-3-10(9(2)15)5-11(12)13/h3-5,8-9,14-15H,6-7H2,1-2H3/t8?,9-/m0/s1. The van der Waals surface area contributed by atoms with Gasteiger partial charge in [-0.1, -0.05) is 24.6 Å². The highest BCUT2D eigenvalue weighted by Crippen LogP contribution is 2.30. The van der Waals surface area contributed by atoms with Crippen molar-refractivity contribution in [3.63, 3.8) is 0 Å². The molecule has 16 heavy (non-hydrogen) atoms. The normalized spacial score (nSPS) is 14.8.